The molecule has 0 heterocycles. The summed E-state index contributed by atoms with van der Waals surface area (Å²) in [6.45, 7) is 7.02. The van der Waals surface area contributed by atoms with E-state index in [1.54, 1.807) is 4.90 Å². The maximum absolute atomic E-state index is 12.4. The van der Waals surface area contributed by atoms with Crippen LogP contribution in [0.15, 0.2) is 18.2 Å². The molecule has 0 unspecified atom stereocenters. The van der Waals surface area contributed by atoms with E-state index < -0.39 is 0 Å². The summed E-state index contributed by atoms with van der Waals surface area (Å²) in [6, 6.07) is 6.08. The standard InChI is InChI=1S/C18H29N3O2/c1-6-15-9-8-10-16(7-2)18(15)19-17(23)13-21(14(3)22)12-11-20(4)5/h8-10H,6-7,11-13H2,1-5H3,(H,19,23). The third kappa shape index (κ3) is 6.02. The number of hydrogen-bond acceptors (Lipinski definition) is 3. The molecule has 0 aliphatic carbocycles. The van der Waals surface area contributed by atoms with Gasteiger partial charge in [-0.2, -0.15) is 0 Å². The van der Waals surface area contributed by atoms with Crippen LogP contribution < -0.4 is 5.32 Å². The number of nitrogens with one attached hydrogen (secondary N) is 1. The van der Waals surface area contributed by atoms with Crippen LogP contribution in [0.1, 0.15) is 31.9 Å². The van der Waals surface area contributed by atoms with Gasteiger partial charge in [0, 0.05) is 25.7 Å². The largest absolute Gasteiger partial charge is 0.332 e. The predicted molar refractivity (Wildman–Crippen MR) is 94.6 cm³/mol. The lowest BCUT2D eigenvalue weighted by atomic mass is 10.0. The summed E-state index contributed by atoms with van der Waals surface area (Å²) in [4.78, 5) is 27.7. The van der Waals surface area contributed by atoms with Gasteiger partial charge in [0.1, 0.15) is 0 Å². The van der Waals surface area contributed by atoms with Crippen LogP contribution in [0, 0.1) is 0 Å². The van der Waals surface area contributed by atoms with Gasteiger partial charge in [0.05, 0.1) is 6.54 Å². The molecular formula is C18H29N3O2. The van der Waals surface area contributed by atoms with Crippen LogP contribution in [0.4, 0.5) is 5.69 Å². The Kier molecular flexibility index (Phi) is 7.75. The Morgan fingerprint density at radius 1 is 1.04 bits per heavy atom. The van der Waals surface area contributed by atoms with Crippen molar-refractivity contribution in [1.82, 2.24) is 9.80 Å². The molecule has 0 aromatic heterocycles. The van der Waals surface area contributed by atoms with Crippen LogP contribution in [0.5, 0.6) is 0 Å². The van der Waals surface area contributed by atoms with E-state index in [2.05, 4.69) is 19.2 Å². The highest BCUT2D eigenvalue weighted by Crippen LogP contribution is 2.22. The quantitative estimate of drug-likeness (QED) is 0.799. The fourth-order valence-electron chi connectivity index (χ4n) is 2.42. The van der Waals surface area contributed by atoms with E-state index in [1.165, 1.54) is 6.92 Å². The van der Waals surface area contributed by atoms with Crippen LogP contribution in [0.3, 0.4) is 0 Å². The molecule has 0 bridgehead atoms. The first-order chi connectivity index (χ1) is 10.9. The lowest BCUT2D eigenvalue weighted by molar-refractivity contribution is -0.132. The van der Waals surface area contributed by atoms with Gasteiger partial charge < -0.3 is 15.1 Å². The molecular weight excluding hydrogens is 290 g/mol. The molecule has 2 amide bonds. The van der Waals surface area contributed by atoms with E-state index >= 15 is 0 Å². The maximum Gasteiger partial charge on any atom is 0.244 e. The Hall–Kier alpha value is -1.88. The van der Waals surface area contributed by atoms with Crippen molar-refractivity contribution in [3.05, 3.63) is 29.3 Å². The topological polar surface area (TPSA) is 52.7 Å². The second kappa shape index (κ2) is 9.30. The number of benzene rings is 1. The summed E-state index contributed by atoms with van der Waals surface area (Å²) >= 11 is 0. The molecule has 5 nitrogen and oxygen atoms in total. The predicted octanol–water partition coefficient (Wildman–Crippen LogP) is 2.16. The zero-order valence-electron chi connectivity index (χ0n) is 15.0. The first-order valence-electron chi connectivity index (χ1n) is 8.19. The van der Waals surface area contributed by atoms with Crippen molar-refractivity contribution in [1.29, 1.82) is 0 Å². The van der Waals surface area contributed by atoms with E-state index in [9.17, 15) is 9.59 Å². The molecule has 23 heavy (non-hydrogen) atoms. The Morgan fingerprint density at radius 2 is 1.61 bits per heavy atom. The van der Waals surface area contributed by atoms with Gasteiger partial charge in [0.25, 0.3) is 0 Å². The van der Waals surface area contributed by atoms with Gasteiger partial charge in [0.2, 0.25) is 11.8 Å². The second-order valence-corrected chi connectivity index (χ2v) is 5.95. The number of carbonyl (C=O) groups is 2. The number of nitrogens with zero attached hydrogens (tertiary/aromatic N) is 2. The first kappa shape index (κ1) is 19.2. The summed E-state index contributed by atoms with van der Waals surface area (Å²) in [5.74, 6) is -0.226. The Balaban J connectivity index is 2.80. The highest BCUT2D eigenvalue weighted by Gasteiger charge is 2.16. The molecule has 1 aromatic carbocycles. The number of likely N-dealkylation sites (N-methyl/N-ethyl adjacent to an activating group) is 1. The minimum Gasteiger partial charge on any atom is -0.332 e. The van der Waals surface area contributed by atoms with E-state index in [0.717, 1.165) is 36.2 Å². The Labute approximate surface area is 139 Å². The van der Waals surface area contributed by atoms with Gasteiger partial charge >= 0.3 is 0 Å². The SMILES string of the molecule is CCc1cccc(CC)c1NC(=O)CN(CCN(C)C)C(C)=O. The molecule has 0 aliphatic rings. The molecule has 128 valence electrons. The number of carbonyl (C=O) groups excluding carboxylic acids is 2. The average molecular weight is 319 g/mol. The van der Waals surface area contributed by atoms with Gasteiger partial charge in [-0.25, -0.2) is 0 Å². The molecule has 0 fully saturated rings. The molecule has 1 aromatic rings. The van der Waals surface area contributed by atoms with Gasteiger partial charge in [-0.1, -0.05) is 32.0 Å². The summed E-state index contributed by atoms with van der Waals surface area (Å²) in [6.07, 6.45) is 1.72. The minimum atomic E-state index is -0.144. The maximum atomic E-state index is 12.4. The number of anilines is 1. The fraction of sp³-hybridized carbons (Fsp3) is 0.556. The minimum absolute atomic E-state index is 0.0820. The third-order valence-electron chi connectivity index (χ3n) is 3.86. The average Bonchev–Trinajstić information content (AvgIpc) is 2.51. The van der Waals surface area contributed by atoms with Crippen LogP contribution in [0.2, 0.25) is 0 Å². The van der Waals surface area contributed by atoms with Crippen LogP contribution in [-0.4, -0.2) is 55.3 Å². The third-order valence-corrected chi connectivity index (χ3v) is 3.86. The molecule has 5 heteroatoms. The van der Waals surface area contributed by atoms with Gasteiger partial charge in [-0.05, 0) is 38.1 Å². The van der Waals surface area contributed by atoms with Crippen LogP contribution in [-0.2, 0) is 22.4 Å². The van der Waals surface area contributed by atoms with Crippen LogP contribution in [0.25, 0.3) is 0 Å². The zero-order valence-corrected chi connectivity index (χ0v) is 15.0. The fourth-order valence-corrected chi connectivity index (χ4v) is 2.42. The second-order valence-electron chi connectivity index (χ2n) is 5.95. The van der Waals surface area contributed by atoms with Crippen molar-refractivity contribution in [3.8, 4) is 0 Å². The monoisotopic (exact) mass is 319 g/mol. The van der Waals surface area contributed by atoms with E-state index in [0.29, 0.717) is 6.54 Å². The number of para-hydroxylation sites is 1. The number of amides is 2. The summed E-state index contributed by atoms with van der Waals surface area (Å²) in [7, 11) is 3.90. The van der Waals surface area contributed by atoms with Crippen molar-refractivity contribution in [2.75, 3.05) is 39.0 Å². The van der Waals surface area contributed by atoms with Crippen molar-refractivity contribution >= 4 is 17.5 Å². The van der Waals surface area contributed by atoms with Crippen molar-refractivity contribution in [3.63, 3.8) is 0 Å². The highest BCUT2D eigenvalue weighted by molar-refractivity contribution is 5.95. The molecule has 0 radical (unpaired) electrons. The lowest BCUT2D eigenvalue weighted by Crippen LogP contribution is -2.40. The Bertz CT molecular complexity index is 519. The number of aryl methyl sites for hydroxylation is 2. The molecule has 0 saturated carbocycles. The molecule has 1 rings (SSSR count). The normalized spacial score (nSPS) is 10.7. The summed E-state index contributed by atoms with van der Waals surface area (Å²) in [5, 5.41) is 3.01. The summed E-state index contributed by atoms with van der Waals surface area (Å²) in [5.41, 5.74) is 3.15. The van der Waals surface area contributed by atoms with Crippen molar-refractivity contribution in [2.24, 2.45) is 0 Å². The highest BCUT2D eigenvalue weighted by atomic mass is 16.2. The van der Waals surface area contributed by atoms with Crippen molar-refractivity contribution < 1.29 is 9.59 Å². The molecule has 0 aliphatic heterocycles. The van der Waals surface area contributed by atoms with Gasteiger partial charge in [-0.15, -0.1) is 0 Å². The summed E-state index contributed by atoms with van der Waals surface area (Å²) < 4.78 is 0. The van der Waals surface area contributed by atoms with E-state index in [1.807, 2.05) is 37.2 Å². The number of hydrogen-bond donors (Lipinski definition) is 1. The van der Waals surface area contributed by atoms with Gasteiger partial charge in [0.15, 0.2) is 0 Å². The smallest absolute Gasteiger partial charge is 0.244 e. The first-order valence-corrected chi connectivity index (χ1v) is 8.19. The van der Waals surface area contributed by atoms with E-state index in [-0.39, 0.29) is 18.4 Å². The van der Waals surface area contributed by atoms with Crippen LogP contribution >= 0.6 is 0 Å². The van der Waals surface area contributed by atoms with E-state index in [4.69, 9.17) is 0 Å². The molecule has 1 N–H and O–H groups in total. The van der Waals surface area contributed by atoms with Gasteiger partial charge in [-0.3, -0.25) is 9.59 Å². The molecule has 0 spiro atoms. The Morgan fingerprint density at radius 3 is 2.04 bits per heavy atom. The lowest BCUT2D eigenvalue weighted by Gasteiger charge is -2.23. The van der Waals surface area contributed by atoms with Crippen molar-refractivity contribution in [2.45, 2.75) is 33.6 Å². The number of rotatable bonds is 8. The molecule has 0 atom stereocenters. The zero-order chi connectivity index (χ0) is 17.4. The molecule has 0 saturated heterocycles.